The molecule has 1 amide bonds. The van der Waals surface area contributed by atoms with Crippen molar-refractivity contribution in [2.24, 2.45) is 0 Å². The fourth-order valence-corrected chi connectivity index (χ4v) is 3.61. The zero-order valence-corrected chi connectivity index (χ0v) is 16.0. The van der Waals surface area contributed by atoms with Crippen LogP contribution in [0.15, 0.2) is 72.4 Å². The predicted molar refractivity (Wildman–Crippen MR) is 109 cm³/mol. The summed E-state index contributed by atoms with van der Waals surface area (Å²) < 4.78 is 6.96. The maximum Gasteiger partial charge on any atom is 0.271 e. The summed E-state index contributed by atoms with van der Waals surface area (Å²) in [6, 6.07) is 17.3. The maximum atomic E-state index is 12.6. The van der Waals surface area contributed by atoms with Crippen LogP contribution in [0.4, 0.5) is 0 Å². The van der Waals surface area contributed by atoms with Crippen LogP contribution in [0.3, 0.4) is 0 Å². The number of benzene rings is 2. The van der Waals surface area contributed by atoms with E-state index in [1.54, 1.807) is 23.4 Å². The average molecular weight is 390 g/mol. The van der Waals surface area contributed by atoms with Gasteiger partial charge in [0.25, 0.3) is 5.91 Å². The molecule has 2 aromatic heterocycles. The first kappa shape index (κ1) is 17.9. The largest absolute Gasteiger partial charge is 0.497 e. The van der Waals surface area contributed by atoms with Gasteiger partial charge in [-0.05, 0) is 42.0 Å². The van der Waals surface area contributed by atoms with Crippen molar-refractivity contribution in [1.82, 2.24) is 20.1 Å². The molecule has 0 aliphatic heterocycles. The highest BCUT2D eigenvalue weighted by atomic mass is 32.1. The van der Waals surface area contributed by atoms with E-state index >= 15 is 0 Å². The second-order valence-electron chi connectivity index (χ2n) is 6.03. The summed E-state index contributed by atoms with van der Waals surface area (Å²) in [6.07, 6.45) is 3.60. The number of ether oxygens (including phenoxy) is 1. The molecule has 0 spiro atoms. The van der Waals surface area contributed by atoms with Gasteiger partial charge < -0.3 is 10.1 Å². The zero-order chi connectivity index (χ0) is 19.3. The van der Waals surface area contributed by atoms with E-state index in [4.69, 9.17) is 4.74 Å². The van der Waals surface area contributed by atoms with Gasteiger partial charge in [-0.15, -0.1) is 11.3 Å². The fraction of sp³-hybridized carbons (Fsp3) is 0.0952. The van der Waals surface area contributed by atoms with E-state index in [2.05, 4.69) is 15.4 Å². The Kier molecular flexibility index (Phi) is 5.16. The lowest BCUT2D eigenvalue weighted by molar-refractivity contribution is 0.0946. The van der Waals surface area contributed by atoms with Crippen molar-refractivity contribution in [2.75, 3.05) is 7.11 Å². The molecule has 0 aliphatic carbocycles. The van der Waals surface area contributed by atoms with Gasteiger partial charge >= 0.3 is 0 Å². The second kappa shape index (κ2) is 8.06. The van der Waals surface area contributed by atoms with E-state index in [1.165, 1.54) is 11.3 Å². The van der Waals surface area contributed by atoms with Crippen LogP contribution in [-0.2, 0) is 6.54 Å². The number of thiazole rings is 1. The number of hydrogen-bond acceptors (Lipinski definition) is 5. The Morgan fingerprint density at radius 3 is 2.71 bits per heavy atom. The monoisotopic (exact) mass is 390 g/mol. The van der Waals surface area contributed by atoms with E-state index in [1.807, 2.05) is 60.8 Å². The predicted octanol–water partition coefficient (Wildman–Crippen LogP) is 3.93. The van der Waals surface area contributed by atoms with Gasteiger partial charge in [-0.25, -0.2) is 9.67 Å². The van der Waals surface area contributed by atoms with Crippen molar-refractivity contribution in [3.05, 3.63) is 83.6 Å². The Bertz CT molecular complexity index is 1070. The number of rotatable bonds is 6. The first-order valence-corrected chi connectivity index (χ1v) is 9.58. The molecule has 2 aromatic carbocycles. The molecule has 0 saturated heterocycles. The lowest BCUT2D eigenvalue weighted by Gasteiger charge is -2.10. The Morgan fingerprint density at radius 1 is 1.14 bits per heavy atom. The highest BCUT2D eigenvalue weighted by Crippen LogP contribution is 2.25. The molecule has 0 radical (unpaired) electrons. The molecule has 0 fully saturated rings. The van der Waals surface area contributed by atoms with Crippen molar-refractivity contribution in [1.29, 1.82) is 0 Å². The highest BCUT2D eigenvalue weighted by molar-refractivity contribution is 7.13. The molecule has 0 unspecified atom stereocenters. The van der Waals surface area contributed by atoms with Gasteiger partial charge in [-0.1, -0.05) is 18.2 Å². The number of hydrogen-bond donors (Lipinski definition) is 1. The fourth-order valence-electron chi connectivity index (χ4n) is 2.81. The molecule has 0 aliphatic rings. The quantitative estimate of drug-likeness (QED) is 0.542. The van der Waals surface area contributed by atoms with E-state index in [9.17, 15) is 4.79 Å². The normalized spacial score (nSPS) is 10.6. The summed E-state index contributed by atoms with van der Waals surface area (Å²) in [4.78, 5) is 17.0. The number of methoxy groups -OCH3 is 1. The molecular formula is C21H18N4O2S. The van der Waals surface area contributed by atoms with Gasteiger partial charge in [0.2, 0.25) is 0 Å². The van der Waals surface area contributed by atoms with Crippen LogP contribution in [0.1, 0.15) is 16.1 Å². The average Bonchev–Trinajstić information content (AvgIpc) is 3.44. The number of carbonyl (C=O) groups is 1. The molecule has 4 aromatic rings. The summed E-state index contributed by atoms with van der Waals surface area (Å²) in [5.74, 6) is 0.584. The lowest BCUT2D eigenvalue weighted by Crippen LogP contribution is -2.23. The summed E-state index contributed by atoms with van der Waals surface area (Å²) >= 11 is 1.44. The van der Waals surface area contributed by atoms with E-state index < -0.39 is 0 Å². The zero-order valence-electron chi connectivity index (χ0n) is 15.2. The highest BCUT2D eigenvalue weighted by Gasteiger charge is 2.13. The Labute approximate surface area is 166 Å². The molecule has 28 heavy (non-hydrogen) atoms. The first-order chi connectivity index (χ1) is 13.7. The summed E-state index contributed by atoms with van der Waals surface area (Å²) in [6.45, 7) is 0.393. The second-order valence-corrected chi connectivity index (χ2v) is 6.89. The van der Waals surface area contributed by atoms with Gasteiger partial charge in [0, 0.05) is 29.9 Å². The van der Waals surface area contributed by atoms with E-state index in [-0.39, 0.29) is 5.91 Å². The number of carbonyl (C=O) groups excluding carboxylic acids is 1. The molecule has 0 bridgehead atoms. The van der Waals surface area contributed by atoms with Crippen molar-refractivity contribution in [2.45, 2.75) is 6.54 Å². The third-order valence-corrected chi connectivity index (χ3v) is 5.15. The number of nitrogens with zero attached hydrogens (tertiary/aromatic N) is 3. The first-order valence-electron chi connectivity index (χ1n) is 8.70. The van der Waals surface area contributed by atoms with Crippen LogP contribution in [0.5, 0.6) is 5.75 Å². The summed E-state index contributed by atoms with van der Waals surface area (Å²) in [5.41, 5.74) is 3.27. The molecule has 6 nitrogen and oxygen atoms in total. The number of nitrogens with one attached hydrogen (secondary N) is 1. The van der Waals surface area contributed by atoms with Crippen LogP contribution < -0.4 is 10.1 Å². The standard InChI is InChI=1S/C21H18N4O2S/c1-27-17-9-7-15(8-10-17)21-24-18(14-28-21)20(26)22-13-16-5-2-3-6-19(16)25-12-4-11-23-25/h2-12,14H,13H2,1H3,(H,22,26). The summed E-state index contributed by atoms with van der Waals surface area (Å²) in [5, 5.41) is 9.78. The van der Waals surface area contributed by atoms with Crippen LogP contribution in [0, 0.1) is 0 Å². The Balaban J connectivity index is 1.46. The third kappa shape index (κ3) is 3.79. The van der Waals surface area contributed by atoms with Crippen LogP contribution in [0.25, 0.3) is 16.3 Å². The number of para-hydroxylation sites is 1. The van der Waals surface area contributed by atoms with E-state index in [0.717, 1.165) is 27.6 Å². The van der Waals surface area contributed by atoms with Gasteiger partial charge in [-0.3, -0.25) is 4.79 Å². The Morgan fingerprint density at radius 2 is 1.96 bits per heavy atom. The smallest absolute Gasteiger partial charge is 0.271 e. The number of aromatic nitrogens is 3. The van der Waals surface area contributed by atoms with Crippen molar-refractivity contribution in [3.63, 3.8) is 0 Å². The van der Waals surface area contributed by atoms with Crippen LogP contribution >= 0.6 is 11.3 Å². The molecule has 4 rings (SSSR count). The minimum absolute atomic E-state index is 0.203. The van der Waals surface area contributed by atoms with Gasteiger partial charge in [0.1, 0.15) is 16.5 Å². The maximum absolute atomic E-state index is 12.6. The van der Waals surface area contributed by atoms with Crippen molar-refractivity contribution < 1.29 is 9.53 Å². The van der Waals surface area contributed by atoms with Gasteiger partial charge in [0.15, 0.2) is 0 Å². The Hall–Kier alpha value is -3.45. The van der Waals surface area contributed by atoms with Gasteiger partial charge in [0.05, 0.1) is 12.8 Å². The van der Waals surface area contributed by atoms with Crippen molar-refractivity contribution in [3.8, 4) is 22.0 Å². The topological polar surface area (TPSA) is 69.0 Å². The molecular weight excluding hydrogens is 372 g/mol. The van der Waals surface area contributed by atoms with Crippen LogP contribution in [0.2, 0.25) is 0 Å². The molecule has 1 N–H and O–H groups in total. The minimum Gasteiger partial charge on any atom is -0.497 e. The minimum atomic E-state index is -0.203. The van der Waals surface area contributed by atoms with Gasteiger partial charge in [-0.2, -0.15) is 5.10 Å². The summed E-state index contributed by atoms with van der Waals surface area (Å²) in [7, 11) is 1.63. The molecule has 140 valence electrons. The number of amides is 1. The third-order valence-electron chi connectivity index (χ3n) is 4.26. The SMILES string of the molecule is COc1ccc(-c2nc(C(=O)NCc3ccccc3-n3cccn3)cs2)cc1. The van der Waals surface area contributed by atoms with Crippen LogP contribution in [-0.4, -0.2) is 27.8 Å². The molecule has 2 heterocycles. The van der Waals surface area contributed by atoms with Crippen molar-refractivity contribution >= 4 is 17.2 Å². The van der Waals surface area contributed by atoms with E-state index in [0.29, 0.717) is 12.2 Å². The molecule has 7 heteroatoms. The molecule has 0 saturated carbocycles. The lowest BCUT2D eigenvalue weighted by atomic mass is 10.1. The molecule has 0 atom stereocenters.